The second-order valence-electron chi connectivity index (χ2n) is 7.08. The summed E-state index contributed by atoms with van der Waals surface area (Å²) in [5.41, 5.74) is -0.427. The van der Waals surface area contributed by atoms with Crippen molar-refractivity contribution in [3.63, 3.8) is 0 Å². The van der Waals surface area contributed by atoms with Gasteiger partial charge >= 0.3 is 11.6 Å². The monoisotopic (exact) mass is 462 g/mol. The van der Waals surface area contributed by atoms with Crippen LogP contribution >= 0.6 is 0 Å². The summed E-state index contributed by atoms with van der Waals surface area (Å²) in [6, 6.07) is 14.4. The van der Waals surface area contributed by atoms with Crippen LogP contribution in [0.2, 0.25) is 0 Å². The van der Waals surface area contributed by atoms with Crippen molar-refractivity contribution in [2.24, 2.45) is 0 Å². The number of nitrogens with one attached hydrogen (secondary N) is 1. The minimum atomic E-state index is -0.868. The van der Waals surface area contributed by atoms with E-state index in [2.05, 4.69) is 5.32 Å². The van der Waals surface area contributed by atoms with Gasteiger partial charge in [0.25, 0.3) is 5.91 Å². The number of esters is 1. The summed E-state index contributed by atoms with van der Waals surface area (Å²) in [4.78, 5) is 37.0. The summed E-state index contributed by atoms with van der Waals surface area (Å²) in [7, 11) is 3.10. The second kappa shape index (κ2) is 11.4. The molecule has 0 saturated heterocycles. The molecule has 34 heavy (non-hydrogen) atoms. The second-order valence-corrected chi connectivity index (χ2v) is 7.08. The number of ether oxygens (including phenoxy) is 3. The topological polar surface area (TPSA) is 128 Å². The quantitative estimate of drug-likeness (QED) is 0.128. The van der Waals surface area contributed by atoms with E-state index < -0.39 is 17.5 Å². The van der Waals surface area contributed by atoms with Gasteiger partial charge in [0.1, 0.15) is 34.3 Å². The molecule has 174 valence electrons. The van der Waals surface area contributed by atoms with Crippen LogP contribution in [0.15, 0.2) is 63.3 Å². The summed E-state index contributed by atoms with van der Waals surface area (Å²) < 4.78 is 20.5. The molecule has 1 N–H and O–H groups in total. The molecule has 0 aliphatic rings. The van der Waals surface area contributed by atoms with E-state index in [0.717, 1.165) is 0 Å². The predicted molar refractivity (Wildman–Crippen MR) is 124 cm³/mol. The van der Waals surface area contributed by atoms with Gasteiger partial charge < -0.3 is 23.9 Å². The highest BCUT2D eigenvalue weighted by molar-refractivity contribution is 5.99. The Morgan fingerprint density at radius 3 is 2.50 bits per heavy atom. The van der Waals surface area contributed by atoms with Gasteiger partial charge in [-0.05, 0) is 48.4 Å². The van der Waals surface area contributed by atoms with Crippen molar-refractivity contribution in [2.75, 3.05) is 27.4 Å². The van der Waals surface area contributed by atoms with Crippen LogP contribution in [0.25, 0.3) is 17.0 Å². The van der Waals surface area contributed by atoms with E-state index in [1.807, 2.05) is 6.07 Å². The van der Waals surface area contributed by atoms with Gasteiger partial charge in [-0.15, -0.1) is 0 Å². The van der Waals surface area contributed by atoms with E-state index in [0.29, 0.717) is 36.3 Å². The first-order valence-corrected chi connectivity index (χ1v) is 10.3. The normalized spacial score (nSPS) is 11.0. The highest BCUT2D eigenvalue weighted by Crippen LogP contribution is 2.22. The first-order chi connectivity index (χ1) is 16.4. The summed E-state index contributed by atoms with van der Waals surface area (Å²) in [6.07, 6.45) is 1.99. The predicted octanol–water partition coefficient (Wildman–Crippen LogP) is 3.08. The van der Waals surface area contributed by atoms with Gasteiger partial charge in [0.2, 0.25) is 0 Å². The number of rotatable bonds is 9. The first-order valence-electron chi connectivity index (χ1n) is 10.3. The van der Waals surface area contributed by atoms with Gasteiger partial charge in [-0.3, -0.25) is 4.79 Å². The van der Waals surface area contributed by atoms with E-state index in [9.17, 15) is 19.6 Å². The number of benzene rings is 2. The fourth-order valence-corrected chi connectivity index (χ4v) is 2.99. The van der Waals surface area contributed by atoms with E-state index in [-0.39, 0.29) is 22.5 Å². The number of nitriles is 1. The number of methoxy groups -OCH3 is 2. The molecule has 0 spiro atoms. The molecule has 0 atom stereocenters. The van der Waals surface area contributed by atoms with Crippen LogP contribution < -0.4 is 20.4 Å². The van der Waals surface area contributed by atoms with Crippen molar-refractivity contribution >= 4 is 28.9 Å². The van der Waals surface area contributed by atoms with Crippen molar-refractivity contribution in [2.45, 2.75) is 6.42 Å². The zero-order valence-corrected chi connectivity index (χ0v) is 18.6. The summed E-state index contributed by atoms with van der Waals surface area (Å²) in [6.45, 7) is 0.835. The maximum atomic E-state index is 12.5. The summed E-state index contributed by atoms with van der Waals surface area (Å²) in [5.74, 6) is -0.701. The third-order valence-corrected chi connectivity index (χ3v) is 4.74. The van der Waals surface area contributed by atoms with Crippen molar-refractivity contribution < 1.29 is 28.2 Å². The molecule has 3 rings (SSSR count). The molecule has 0 fully saturated rings. The Kier molecular flexibility index (Phi) is 8.16. The largest absolute Gasteiger partial charge is 0.497 e. The average Bonchev–Trinajstić information content (AvgIpc) is 2.84. The molecule has 3 aromatic rings. The van der Waals surface area contributed by atoms with E-state index in [1.54, 1.807) is 37.4 Å². The van der Waals surface area contributed by atoms with E-state index in [1.165, 1.54) is 31.4 Å². The molecule has 1 aromatic heterocycles. The van der Waals surface area contributed by atoms with Gasteiger partial charge in [0.05, 0.1) is 7.11 Å². The lowest BCUT2D eigenvalue weighted by Gasteiger charge is -2.07. The average molecular weight is 462 g/mol. The lowest BCUT2D eigenvalue weighted by Crippen LogP contribution is -2.29. The van der Waals surface area contributed by atoms with E-state index >= 15 is 0 Å². The van der Waals surface area contributed by atoms with Crippen LogP contribution in [0.4, 0.5) is 0 Å². The molecule has 1 amide bonds. The summed E-state index contributed by atoms with van der Waals surface area (Å²) in [5, 5.41) is 12.5. The number of hydrogen-bond acceptors (Lipinski definition) is 8. The van der Waals surface area contributed by atoms with Crippen LogP contribution in [0.1, 0.15) is 22.3 Å². The zero-order valence-electron chi connectivity index (χ0n) is 18.6. The minimum Gasteiger partial charge on any atom is -0.497 e. The van der Waals surface area contributed by atoms with Crippen LogP contribution in [-0.4, -0.2) is 39.2 Å². The fraction of sp³-hybridized carbons (Fsp3) is 0.200. The Hall–Kier alpha value is -4.42. The van der Waals surface area contributed by atoms with Crippen molar-refractivity contribution in [3.8, 4) is 17.6 Å². The van der Waals surface area contributed by atoms with Gasteiger partial charge in [-0.1, -0.05) is 12.1 Å². The molecule has 0 aliphatic carbocycles. The highest BCUT2D eigenvalue weighted by atomic mass is 16.5. The summed E-state index contributed by atoms with van der Waals surface area (Å²) >= 11 is 0. The Bertz CT molecular complexity index is 1320. The van der Waals surface area contributed by atoms with Crippen LogP contribution in [0, 0.1) is 11.3 Å². The molecule has 0 radical (unpaired) electrons. The number of hydrogen-bond donors (Lipinski definition) is 1. The minimum absolute atomic E-state index is 0.0771. The van der Waals surface area contributed by atoms with E-state index in [4.69, 9.17) is 18.6 Å². The van der Waals surface area contributed by atoms with Gasteiger partial charge in [0, 0.05) is 31.7 Å². The van der Waals surface area contributed by atoms with Crippen LogP contribution in [0.5, 0.6) is 11.5 Å². The van der Waals surface area contributed by atoms with Crippen LogP contribution in [-0.2, 0) is 9.53 Å². The third-order valence-electron chi connectivity index (χ3n) is 4.74. The van der Waals surface area contributed by atoms with Gasteiger partial charge in [-0.2, -0.15) is 5.26 Å². The Labute approximate surface area is 195 Å². The van der Waals surface area contributed by atoms with Crippen molar-refractivity contribution in [3.05, 3.63) is 75.7 Å². The van der Waals surface area contributed by atoms with Gasteiger partial charge in [0.15, 0.2) is 0 Å². The maximum absolute atomic E-state index is 12.5. The molecular weight excluding hydrogens is 440 g/mol. The first kappa shape index (κ1) is 24.2. The van der Waals surface area contributed by atoms with Crippen molar-refractivity contribution in [1.29, 1.82) is 5.26 Å². The number of carbonyl (C=O) groups is 2. The lowest BCUT2D eigenvalue weighted by atomic mass is 10.1. The molecule has 0 bridgehead atoms. The molecule has 0 aliphatic heterocycles. The number of nitrogens with zero attached hydrogens (tertiary/aromatic N) is 1. The molecule has 9 nitrogen and oxygen atoms in total. The van der Waals surface area contributed by atoms with Crippen molar-refractivity contribution in [1.82, 2.24) is 5.32 Å². The Balaban J connectivity index is 1.76. The number of carbonyl (C=O) groups excluding carboxylic acids is 2. The van der Waals surface area contributed by atoms with Crippen LogP contribution in [0.3, 0.4) is 0 Å². The Morgan fingerprint density at radius 1 is 1.09 bits per heavy atom. The molecule has 0 unspecified atom stereocenters. The lowest BCUT2D eigenvalue weighted by molar-refractivity contribution is -0.129. The zero-order chi connectivity index (χ0) is 24.5. The molecule has 0 saturated carbocycles. The molecule has 9 heteroatoms. The molecule has 2 aromatic carbocycles. The smallest absolute Gasteiger partial charge is 0.354 e. The number of amides is 1. The fourth-order valence-electron chi connectivity index (χ4n) is 2.99. The molecule has 1 heterocycles. The standard InChI is InChI=1S/C25H22N2O7/c1-31-11-3-10-27-23(28)21-13-17-6-9-20(14-22(17)34-25(21)30)33-24(29)18(15-26)12-16-4-7-19(32-2)8-5-16/h4-9,12-14H,3,10-11H2,1-2H3,(H,27,28)/b18-12+. The third kappa shape index (κ3) is 6.09. The Morgan fingerprint density at radius 2 is 1.82 bits per heavy atom. The number of fused-ring (bicyclic) bond motifs is 1. The van der Waals surface area contributed by atoms with Gasteiger partial charge in [-0.25, -0.2) is 9.59 Å². The highest BCUT2D eigenvalue weighted by Gasteiger charge is 2.16. The SMILES string of the molecule is COCCCNC(=O)c1cc2ccc(OC(=O)/C(C#N)=C/c3ccc(OC)cc3)cc2oc1=O. The molecular formula is C25H22N2O7. The maximum Gasteiger partial charge on any atom is 0.354 e.